The van der Waals surface area contributed by atoms with Crippen molar-refractivity contribution in [2.75, 3.05) is 30.0 Å². The molecule has 0 saturated heterocycles. The average Bonchev–Trinajstić information content (AvgIpc) is 2.91. The van der Waals surface area contributed by atoms with E-state index in [4.69, 9.17) is 10.5 Å². The van der Waals surface area contributed by atoms with Crippen LogP contribution < -0.4 is 20.7 Å². The molecule has 0 aliphatic carbocycles. The maximum absolute atomic E-state index is 12.9. The fourth-order valence-electron chi connectivity index (χ4n) is 3.17. The molecule has 29 heavy (non-hydrogen) atoms. The normalized spacial score (nSPS) is 18.5. The number of hydrogen-bond acceptors (Lipinski definition) is 5. The number of amides is 1. The summed E-state index contributed by atoms with van der Waals surface area (Å²) < 4.78 is 5.98. The number of ether oxygens (including phenoxy) is 1. The van der Waals surface area contributed by atoms with Crippen molar-refractivity contribution in [1.82, 2.24) is 0 Å². The van der Waals surface area contributed by atoms with Gasteiger partial charge in [0, 0.05) is 31.9 Å². The minimum Gasteiger partial charge on any atom is -0.474 e. The van der Waals surface area contributed by atoms with Crippen LogP contribution in [0.1, 0.15) is 24.2 Å². The second kappa shape index (κ2) is 7.83. The third-order valence-electron chi connectivity index (χ3n) is 4.72. The predicted molar refractivity (Wildman–Crippen MR) is 117 cm³/mol. The van der Waals surface area contributed by atoms with Crippen molar-refractivity contribution in [2.24, 2.45) is 0 Å². The first-order valence-corrected chi connectivity index (χ1v) is 9.28. The second-order valence-corrected chi connectivity index (χ2v) is 7.41. The number of nitrogen functional groups attached to an aromatic ring is 1. The molecule has 0 bridgehead atoms. The lowest BCUT2D eigenvalue weighted by atomic mass is 9.95. The van der Waals surface area contributed by atoms with E-state index >= 15 is 0 Å². The molecule has 0 fully saturated rings. The number of anilines is 3. The first kappa shape index (κ1) is 20.2. The molecule has 0 saturated carbocycles. The molecule has 1 aliphatic rings. The van der Waals surface area contributed by atoms with E-state index in [2.05, 4.69) is 5.32 Å². The zero-order chi connectivity index (χ0) is 21.2. The number of fused-ring (bicyclic) bond motifs is 1. The van der Waals surface area contributed by atoms with Gasteiger partial charge in [-0.25, -0.2) is 0 Å². The van der Waals surface area contributed by atoms with Gasteiger partial charge in [-0.3, -0.25) is 9.59 Å². The van der Waals surface area contributed by atoms with E-state index in [9.17, 15) is 9.59 Å². The molecule has 6 nitrogen and oxygen atoms in total. The Hall–Kier alpha value is -3.54. The molecule has 0 radical (unpaired) electrons. The van der Waals surface area contributed by atoms with Crippen LogP contribution in [0.25, 0.3) is 0 Å². The number of nitrogens with two attached hydrogens (primary N) is 1. The van der Waals surface area contributed by atoms with Gasteiger partial charge in [0.15, 0.2) is 5.60 Å². The lowest BCUT2D eigenvalue weighted by Gasteiger charge is -2.19. The van der Waals surface area contributed by atoms with Crippen LogP contribution in [-0.4, -0.2) is 31.4 Å². The van der Waals surface area contributed by atoms with Gasteiger partial charge >= 0.3 is 0 Å². The Balaban J connectivity index is 1.73. The average molecular weight is 391 g/mol. The third-order valence-corrected chi connectivity index (χ3v) is 4.72. The van der Waals surface area contributed by atoms with E-state index in [1.165, 1.54) is 6.08 Å². The van der Waals surface area contributed by atoms with Gasteiger partial charge in [-0.05, 0) is 44.2 Å². The molecule has 1 heterocycles. The van der Waals surface area contributed by atoms with Crippen LogP contribution in [0.2, 0.25) is 0 Å². The summed E-state index contributed by atoms with van der Waals surface area (Å²) in [7, 11) is 3.86. The monoisotopic (exact) mass is 391 g/mol. The van der Waals surface area contributed by atoms with Crippen LogP contribution in [0.4, 0.5) is 17.1 Å². The van der Waals surface area contributed by atoms with E-state index in [0.29, 0.717) is 22.7 Å². The lowest BCUT2D eigenvalue weighted by Crippen LogP contribution is -2.34. The van der Waals surface area contributed by atoms with Gasteiger partial charge in [-0.2, -0.15) is 0 Å². The molecule has 2 aromatic carbocycles. The van der Waals surface area contributed by atoms with Crippen molar-refractivity contribution in [3.8, 4) is 5.75 Å². The Morgan fingerprint density at radius 3 is 2.59 bits per heavy atom. The summed E-state index contributed by atoms with van der Waals surface area (Å²) in [5, 5.41) is 2.73. The summed E-state index contributed by atoms with van der Waals surface area (Å²) in [6.45, 7) is 3.55. The highest BCUT2D eigenvalue weighted by atomic mass is 16.5. The highest BCUT2D eigenvalue weighted by Gasteiger charge is 2.42. The van der Waals surface area contributed by atoms with E-state index < -0.39 is 5.60 Å². The molecule has 2 aromatic rings. The number of para-hydroxylation sites is 2. The van der Waals surface area contributed by atoms with Crippen molar-refractivity contribution in [2.45, 2.75) is 19.4 Å². The fourth-order valence-corrected chi connectivity index (χ4v) is 3.17. The van der Waals surface area contributed by atoms with Crippen LogP contribution in [0.15, 0.2) is 66.3 Å². The minimum absolute atomic E-state index is 0.105. The van der Waals surface area contributed by atoms with Crippen molar-refractivity contribution in [1.29, 1.82) is 0 Å². The van der Waals surface area contributed by atoms with Gasteiger partial charge in [0.05, 0.1) is 16.9 Å². The van der Waals surface area contributed by atoms with Gasteiger partial charge in [0.2, 0.25) is 11.7 Å². The van der Waals surface area contributed by atoms with Crippen LogP contribution in [-0.2, 0) is 4.79 Å². The Morgan fingerprint density at radius 2 is 1.90 bits per heavy atom. The Kier molecular flexibility index (Phi) is 5.46. The van der Waals surface area contributed by atoms with Crippen LogP contribution in [0.3, 0.4) is 0 Å². The summed E-state index contributed by atoms with van der Waals surface area (Å²) in [5.41, 5.74) is 8.02. The summed E-state index contributed by atoms with van der Waals surface area (Å²) in [5.74, 6) is 0.152. The number of nitrogens with one attached hydrogen (secondary N) is 1. The number of allylic oxidation sites excluding steroid dienone is 2. The summed E-state index contributed by atoms with van der Waals surface area (Å²) in [4.78, 5) is 26.9. The number of Topliss-reactive ketones (excluding diaryl/α,β-unsaturated/α-hetero) is 1. The summed E-state index contributed by atoms with van der Waals surface area (Å²) in [6.07, 6.45) is 4.77. The number of ketones is 1. The number of benzene rings is 2. The SMILES string of the molecule is CC(/C=C/C(=O)Nc1ccccc1N)=C\C1(C)Oc2cc(N(C)C)ccc2C1=O. The summed E-state index contributed by atoms with van der Waals surface area (Å²) >= 11 is 0. The smallest absolute Gasteiger partial charge is 0.248 e. The fraction of sp³-hybridized carbons (Fsp3) is 0.217. The molecule has 6 heteroatoms. The second-order valence-electron chi connectivity index (χ2n) is 7.41. The predicted octanol–water partition coefficient (Wildman–Crippen LogP) is 3.81. The third kappa shape index (κ3) is 4.32. The highest BCUT2D eigenvalue weighted by molar-refractivity contribution is 6.09. The van der Waals surface area contributed by atoms with Crippen molar-refractivity contribution in [3.63, 3.8) is 0 Å². The number of carbonyl (C=O) groups excluding carboxylic acids is 2. The minimum atomic E-state index is -1.11. The quantitative estimate of drug-likeness (QED) is 0.460. The van der Waals surface area contributed by atoms with Crippen LogP contribution in [0.5, 0.6) is 5.75 Å². The first-order valence-electron chi connectivity index (χ1n) is 9.28. The van der Waals surface area contributed by atoms with E-state index in [-0.39, 0.29) is 11.7 Å². The Morgan fingerprint density at radius 1 is 1.17 bits per heavy atom. The maximum Gasteiger partial charge on any atom is 0.248 e. The summed E-state index contributed by atoms with van der Waals surface area (Å²) in [6, 6.07) is 12.6. The number of nitrogens with zero attached hydrogens (tertiary/aromatic N) is 1. The Labute approximate surface area is 170 Å². The molecule has 0 aromatic heterocycles. The van der Waals surface area contributed by atoms with E-state index in [0.717, 1.165) is 11.3 Å². The standard InChI is InChI=1S/C23H25N3O3/c1-15(9-12-21(27)25-19-8-6-5-7-18(19)24)14-23(2)22(28)17-11-10-16(26(3)4)13-20(17)29-23/h5-14H,24H2,1-4H3,(H,25,27)/b12-9+,15-14+. The molecule has 1 atom stereocenters. The molecule has 3 N–H and O–H groups in total. The molecule has 1 aliphatic heterocycles. The molecule has 1 unspecified atom stereocenters. The molecule has 0 spiro atoms. The molecule has 150 valence electrons. The zero-order valence-electron chi connectivity index (χ0n) is 17.0. The van der Waals surface area contributed by atoms with Crippen molar-refractivity contribution < 1.29 is 14.3 Å². The number of rotatable bonds is 5. The van der Waals surface area contributed by atoms with Gasteiger partial charge in [0.1, 0.15) is 5.75 Å². The van der Waals surface area contributed by atoms with Crippen molar-refractivity contribution >= 4 is 28.8 Å². The van der Waals surface area contributed by atoms with Crippen LogP contribution in [0, 0.1) is 0 Å². The molecule has 1 amide bonds. The Bertz CT molecular complexity index is 1020. The lowest BCUT2D eigenvalue weighted by molar-refractivity contribution is -0.111. The molecular formula is C23H25N3O3. The molecule has 3 rings (SSSR count). The first-order chi connectivity index (χ1) is 13.7. The zero-order valence-corrected chi connectivity index (χ0v) is 17.0. The maximum atomic E-state index is 12.9. The van der Waals surface area contributed by atoms with Crippen LogP contribution >= 0.6 is 0 Å². The highest BCUT2D eigenvalue weighted by Crippen LogP contribution is 2.38. The largest absolute Gasteiger partial charge is 0.474 e. The van der Waals surface area contributed by atoms with Crippen molar-refractivity contribution in [3.05, 3.63) is 71.8 Å². The van der Waals surface area contributed by atoms with Gasteiger partial charge in [-0.1, -0.05) is 23.8 Å². The topological polar surface area (TPSA) is 84.7 Å². The van der Waals surface area contributed by atoms with Gasteiger partial charge in [-0.15, -0.1) is 0 Å². The number of hydrogen-bond donors (Lipinski definition) is 2. The van der Waals surface area contributed by atoms with Gasteiger partial charge in [0.25, 0.3) is 0 Å². The van der Waals surface area contributed by atoms with Gasteiger partial charge < -0.3 is 20.7 Å². The van der Waals surface area contributed by atoms with E-state index in [1.54, 1.807) is 49.4 Å². The number of carbonyl (C=O) groups is 2. The molecular weight excluding hydrogens is 366 g/mol. The van der Waals surface area contributed by atoms with E-state index in [1.807, 2.05) is 38.1 Å².